The Kier molecular flexibility index (Phi) is 7.42. The van der Waals surface area contributed by atoms with Gasteiger partial charge in [-0.1, -0.05) is 39.0 Å². The van der Waals surface area contributed by atoms with Crippen molar-refractivity contribution in [2.24, 2.45) is 0 Å². The average molecular weight is 333 g/mol. The summed E-state index contributed by atoms with van der Waals surface area (Å²) in [5.41, 5.74) is 1.91. The molecular weight excluding hydrogens is 302 g/mol. The predicted molar refractivity (Wildman–Crippen MR) is 99.2 cm³/mol. The summed E-state index contributed by atoms with van der Waals surface area (Å²) >= 11 is 0. The number of carbonyl (C=O) groups excluding carboxylic acids is 2. The zero-order valence-electron chi connectivity index (χ0n) is 15.8. The normalized spacial score (nSPS) is 11.5. The van der Waals surface area contributed by atoms with Gasteiger partial charge in [0, 0.05) is 38.7 Å². The van der Waals surface area contributed by atoms with E-state index in [9.17, 15) is 9.59 Å². The van der Waals surface area contributed by atoms with Crippen molar-refractivity contribution >= 4 is 17.5 Å². The smallest absolute Gasteiger partial charge is 0.226 e. The van der Waals surface area contributed by atoms with Crippen LogP contribution >= 0.6 is 0 Å². The maximum Gasteiger partial charge on any atom is 0.226 e. The van der Waals surface area contributed by atoms with E-state index in [1.54, 1.807) is 11.8 Å². The molecule has 1 N–H and O–H groups in total. The fourth-order valence-electron chi connectivity index (χ4n) is 2.44. The monoisotopic (exact) mass is 333 g/mol. The second-order valence-corrected chi connectivity index (χ2v) is 7.40. The molecule has 0 heterocycles. The number of carbonyl (C=O) groups is 2. The Hall–Kier alpha value is -1.88. The van der Waals surface area contributed by atoms with Crippen LogP contribution in [0.1, 0.15) is 39.7 Å². The highest BCUT2D eigenvalue weighted by molar-refractivity contribution is 5.92. The van der Waals surface area contributed by atoms with Gasteiger partial charge in [0.1, 0.15) is 0 Å². The molecule has 0 aliphatic carbocycles. The number of hydrogen-bond acceptors (Lipinski definition) is 3. The Balaban J connectivity index is 2.65. The first-order valence-electron chi connectivity index (χ1n) is 8.41. The number of benzene rings is 1. The van der Waals surface area contributed by atoms with Crippen molar-refractivity contribution in [3.8, 4) is 0 Å². The summed E-state index contributed by atoms with van der Waals surface area (Å²) in [5.74, 6) is -0.0671. The van der Waals surface area contributed by atoms with Gasteiger partial charge in [-0.05, 0) is 31.1 Å². The third-order valence-electron chi connectivity index (χ3n) is 3.88. The molecule has 0 atom stereocenters. The van der Waals surface area contributed by atoms with Crippen molar-refractivity contribution in [3.05, 3.63) is 29.8 Å². The molecule has 0 aliphatic rings. The molecule has 24 heavy (non-hydrogen) atoms. The first-order chi connectivity index (χ1) is 11.1. The molecule has 0 saturated heterocycles. The van der Waals surface area contributed by atoms with Crippen molar-refractivity contribution in [2.75, 3.05) is 39.0 Å². The highest BCUT2D eigenvalue weighted by Gasteiger charge is 2.19. The summed E-state index contributed by atoms with van der Waals surface area (Å²) in [7, 11) is 3.93. The minimum Gasteiger partial charge on any atom is -0.341 e. The molecule has 0 aromatic heterocycles. The van der Waals surface area contributed by atoms with Gasteiger partial charge in [-0.25, -0.2) is 0 Å². The number of nitrogens with one attached hydrogen (secondary N) is 1. The molecule has 0 saturated carbocycles. The second kappa shape index (κ2) is 8.83. The first-order valence-corrected chi connectivity index (χ1v) is 8.41. The van der Waals surface area contributed by atoms with Crippen molar-refractivity contribution < 1.29 is 9.59 Å². The summed E-state index contributed by atoms with van der Waals surface area (Å²) < 4.78 is 0. The number of likely N-dealkylation sites (N-methyl/N-ethyl adjacent to an activating group) is 1. The van der Waals surface area contributed by atoms with E-state index in [0.717, 1.165) is 17.8 Å². The van der Waals surface area contributed by atoms with E-state index in [2.05, 4.69) is 26.1 Å². The summed E-state index contributed by atoms with van der Waals surface area (Å²) in [6.45, 7) is 9.77. The first kappa shape index (κ1) is 20.2. The minimum absolute atomic E-state index is 0.000239. The maximum atomic E-state index is 12.3. The standard InChI is InChI=1S/C19H31N3O2/c1-15(23)22(14-13-21(5)6)12-11-18(24)20-17-10-8-7-9-16(17)19(2,3)4/h7-10H,11-14H2,1-6H3,(H,20,24). The molecule has 1 aromatic rings. The molecule has 0 fully saturated rings. The van der Waals surface area contributed by atoms with Crippen LogP contribution < -0.4 is 5.32 Å². The molecule has 134 valence electrons. The van der Waals surface area contributed by atoms with Crippen LogP contribution in [-0.2, 0) is 15.0 Å². The van der Waals surface area contributed by atoms with Gasteiger partial charge in [-0.3, -0.25) is 9.59 Å². The number of nitrogens with zero attached hydrogens (tertiary/aromatic N) is 2. The van der Waals surface area contributed by atoms with Crippen LogP contribution in [0.15, 0.2) is 24.3 Å². The fourth-order valence-corrected chi connectivity index (χ4v) is 2.44. The Morgan fingerprint density at radius 2 is 1.67 bits per heavy atom. The van der Waals surface area contributed by atoms with Gasteiger partial charge < -0.3 is 15.1 Å². The lowest BCUT2D eigenvalue weighted by atomic mass is 9.86. The van der Waals surface area contributed by atoms with Crippen molar-refractivity contribution in [1.29, 1.82) is 0 Å². The molecule has 0 bridgehead atoms. The molecule has 0 unspecified atom stereocenters. The lowest BCUT2D eigenvalue weighted by Gasteiger charge is -2.24. The van der Waals surface area contributed by atoms with E-state index >= 15 is 0 Å². The van der Waals surface area contributed by atoms with Crippen molar-refractivity contribution in [2.45, 2.75) is 39.5 Å². The minimum atomic E-state index is -0.0668. The van der Waals surface area contributed by atoms with Crippen LogP contribution in [0.2, 0.25) is 0 Å². The fraction of sp³-hybridized carbons (Fsp3) is 0.579. The molecule has 2 amide bonds. The molecule has 1 rings (SSSR count). The second-order valence-electron chi connectivity index (χ2n) is 7.40. The van der Waals surface area contributed by atoms with Gasteiger partial charge in [0.2, 0.25) is 11.8 Å². The van der Waals surface area contributed by atoms with Gasteiger partial charge >= 0.3 is 0 Å². The largest absolute Gasteiger partial charge is 0.341 e. The average Bonchev–Trinajstić information content (AvgIpc) is 2.45. The summed E-state index contributed by atoms with van der Waals surface area (Å²) in [6.07, 6.45) is 0.297. The van der Waals surface area contributed by atoms with E-state index in [1.165, 1.54) is 0 Å². The highest BCUT2D eigenvalue weighted by Crippen LogP contribution is 2.29. The van der Waals surface area contributed by atoms with Gasteiger partial charge in [0.05, 0.1) is 0 Å². The molecule has 5 nitrogen and oxygen atoms in total. The highest BCUT2D eigenvalue weighted by atomic mass is 16.2. The van der Waals surface area contributed by atoms with E-state index in [0.29, 0.717) is 19.5 Å². The topological polar surface area (TPSA) is 52.7 Å². The predicted octanol–water partition coefficient (Wildman–Crippen LogP) is 2.72. The number of para-hydroxylation sites is 1. The summed E-state index contributed by atoms with van der Waals surface area (Å²) in [6, 6.07) is 7.86. The SMILES string of the molecule is CC(=O)N(CCC(=O)Nc1ccccc1C(C)(C)C)CCN(C)C. The molecule has 0 aliphatic heterocycles. The number of rotatable bonds is 7. The van der Waals surface area contributed by atoms with E-state index in [4.69, 9.17) is 0 Å². The van der Waals surface area contributed by atoms with Crippen LogP contribution in [0.4, 0.5) is 5.69 Å². The third kappa shape index (κ3) is 6.71. The Morgan fingerprint density at radius 1 is 1.04 bits per heavy atom. The van der Waals surface area contributed by atoms with Crippen LogP contribution in [0.3, 0.4) is 0 Å². The molecule has 0 spiro atoms. The summed E-state index contributed by atoms with van der Waals surface area (Å²) in [5, 5.41) is 2.99. The molecule has 1 aromatic carbocycles. The van der Waals surface area contributed by atoms with Crippen LogP contribution in [0, 0.1) is 0 Å². The van der Waals surface area contributed by atoms with E-state index in [-0.39, 0.29) is 17.2 Å². The Labute approximate surface area is 146 Å². The molecule has 5 heteroatoms. The van der Waals surface area contributed by atoms with E-state index in [1.807, 2.05) is 43.3 Å². The van der Waals surface area contributed by atoms with Gasteiger partial charge in [-0.2, -0.15) is 0 Å². The number of amides is 2. The van der Waals surface area contributed by atoms with Crippen LogP contribution in [0.5, 0.6) is 0 Å². The number of anilines is 1. The van der Waals surface area contributed by atoms with Gasteiger partial charge in [0.15, 0.2) is 0 Å². The Morgan fingerprint density at radius 3 is 2.21 bits per heavy atom. The van der Waals surface area contributed by atoms with E-state index < -0.39 is 0 Å². The third-order valence-corrected chi connectivity index (χ3v) is 3.88. The van der Waals surface area contributed by atoms with Crippen LogP contribution in [0.25, 0.3) is 0 Å². The lowest BCUT2D eigenvalue weighted by Crippen LogP contribution is -2.37. The molecular formula is C19H31N3O2. The van der Waals surface area contributed by atoms with Gasteiger partial charge in [0.25, 0.3) is 0 Å². The quantitative estimate of drug-likeness (QED) is 0.835. The van der Waals surface area contributed by atoms with Crippen LogP contribution in [-0.4, -0.2) is 55.3 Å². The lowest BCUT2D eigenvalue weighted by molar-refractivity contribution is -0.129. The zero-order chi connectivity index (χ0) is 18.3. The molecule has 0 radical (unpaired) electrons. The van der Waals surface area contributed by atoms with Gasteiger partial charge in [-0.15, -0.1) is 0 Å². The van der Waals surface area contributed by atoms with Crippen molar-refractivity contribution in [1.82, 2.24) is 9.80 Å². The number of hydrogen-bond donors (Lipinski definition) is 1. The summed E-state index contributed by atoms with van der Waals surface area (Å²) in [4.78, 5) is 27.7. The van der Waals surface area contributed by atoms with Crippen molar-refractivity contribution in [3.63, 3.8) is 0 Å². The zero-order valence-corrected chi connectivity index (χ0v) is 15.8. The Bertz CT molecular complexity index is 562. The maximum absolute atomic E-state index is 12.3.